The molecule has 1 aromatic carbocycles. The van der Waals surface area contributed by atoms with Crippen LogP contribution in [0.2, 0.25) is 0 Å². The summed E-state index contributed by atoms with van der Waals surface area (Å²) in [6.07, 6.45) is 10.7. The van der Waals surface area contributed by atoms with Crippen molar-refractivity contribution < 1.29 is 4.79 Å². The zero-order valence-corrected chi connectivity index (χ0v) is 14.1. The van der Waals surface area contributed by atoms with Crippen LogP contribution in [0.3, 0.4) is 0 Å². The Morgan fingerprint density at radius 3 is 2.79 bits per heavy atom. The molecule has 2 amide bonds. The van der Waals surface area contributed by atoms with E-state index in [0.717, 1.165) is 29.4 Å². The fourth-order valence-corrected chi connectivity index (χ4v) is 3.64. The number of benzene rings is 1. The molecule has 0 radical (unpaired) electrons. The standard InChI is InChI=1S/C19H26N4O/c20-14-19(7-2-1-3-8-19)9-11-22-18(24)23-17-5-4-16-13-21-10-6-15(16)12-17/h4-6,10,12-13H,1-3,7-9,11,14,20H2,(H2,22,23,24). The fraction of sp³-hybridized carbons (Fsp3) is 0.474. The van der Waals surface area contributed by atoms with Gasteiger partial charge in [-0.05, 0) is 54.8 Å². The summed E-state index contributed by atoms with van der Waals surface area (Å²) in [4.78, 5) is 16.2. The van der Waals surface area contributed by atoms with Gasteiger partial charge in [0.2, 0.25) is 0 Å². The van der Waals surface area contributed by atoms with Gasteiger partial charge in [0.25, 0.3) is 0 Å². The van der Waals surface area contributed by atoms with E-state index in [1.807, 2.05) is 30.5 Å². The highest BCUT2D eigenvalue weighted by molar-refractivity contribution is 5.93. The van der Waals surface area contributed by atoms with Gasteiger partial charge in [0.05, 0.1) is 0 Å². The molecule has 0 saturated heterocycles. The number of nitrogens with one attached hydrogen (secondary N) is 2. The van der Waals surface area contributed by atoms with E-state index in [2.05, 4.69) is 15.6 Å². The van der Waals surface area contributed by atoms with Crippen LogP contribution < -0.4 is 16.4 Å². The first-order chi connectivity index (χ1) is 11.7. The number of rotatable bonds is 5. The molecule has 1 aliphatic rings. The number of nitrogens with zero attached hydrogens (tertiary/aromatic N) is 1. The largest absolute Gasteiger partial charge is 0.338 e. The van der Waals surface area contributed by atoms with Crippen molar-refractivity contribution in [2.45, 2.75) is 38.5 Å². The number of carbonyl (C=O) groups is 1. The van der Waals surface area contributed by atoms with Crippen LogP contribution in [0.15, 0.2) is 36.7 Å². The third-order valence-electron chi connectivity index (χ3n) is 5.19. The van der Waals surface area contributed by atoms with Crippen LogP contribution in [0.4, 0.5) is 10.5 Å². The Morgan fingerprint density at radius 1 is 1.17 bits per heavy atom. The maximum Gasteiger partial charge on any atom is 0.319 e. The van der Waals surface area contributed by atoms with Crippen molar-refractivity contribution in [2.24, 2.45) is 11.1 Å². The average Bonchev–Trinajstić information content (AvgIpc) is 2.62. The van der Waals surface area contributed by atoms with Crippen molar-refractivity contribution >= 4 is 22.5 Å². The van der Waals surface area contributed by atoms with Crippen LogP contribution in [-0.2, 0) is 0 Å². The molecule has 128 valence electrons. The van der Waals surface area contributed by atoms with E-state index in [-0.39, 0.29) is 11.4 Å². The highest BCUT2D eigenvalue weighted by Crippen LogP contribution is 2.37. The third kappa shape index (κ3) is 4.03. The molecule has 24 heavy (non-hydrogen) atoms. The van der Waals surface area contributed by atoms with Crippen molar-refractivity contribution in [2.75, 3.05) is 18.4 Å². The number of nitrogens with two attached hydrogens (primary N) is 1. The van der Waals surface area contributed by atoms with E-state index in [9.17, 15) is 4.79 Å². The van der Waals surface area contributed by atoms with E-state index in [4.69, 9.17) is 5.73 Å². The van der Waals surface area contributed by atoms with Gasteiger partial charge < -0.3 is 16.4 Å². The molecule has 5 heteroatoms. The molecular formula is C19H26N4O. The minimum atomic E-state index is -0.161. The number of aromatic nitrogens is 1. The van der Waals surface area contributed by atoms with Crippen LogP contribution in [0.5, 0.6) is 0 Å². The second-order valence-corrected chi connectivity index (χ2v) is 6.83. The Morgan fingerprint density at radius 2 is 2.00 bits per heavy atom. The molecule has 5 nitrogen and oxygen atoms in total. The zero-order chi connectivity index (χ0) is 16.8. The quantitative estimate of drug-likeness (QED) is 0.784. The summed E-state index contributed by atoms with van der Waals surface area (Å²) in [7, 11) is 0. The predicted molar refractivity (Wildman–Crippen MR) is 98.0 cm³/mol. The van der Waals surface area contributed by atoms with Gasteiger partial charge in [-0.2, -0.15) is 0 Å². The van der Waals surface area contributed by atoms with Gasteiger partial charge >= 0.3 is 6.03 Å². The first-order valence-corrected chi connectivity index (χ1v) is 8.80. The van der Waals surface area contributed by atoms with Crippen LogP contribution in [0, 0.1) is 5.41 Å². The number of carbonyl (C=O) groups excluding carboxylic acids is 1. The summed E-state index contributed by atoms with van der Waals surface area (Å²) in [6, 6.07) is 7.59. The first kappa shape index (κ1) is 16.7. The van der Waals surface area contributed by atoms with Crippen LogP contribution in [0.25, 0.3) is 10.8 Å². The lowest BCUT2D eigenvalue weighted by Crippen LogP contribution is -2.38. The zero-order valence-electron chi connectivity index (χ0n) is 14.1. The molecule has 1 fully saturated rings. The van der Waals surface area contributed by atoms with Crippen LogP contribution in [0.1, 0.15) is 38.5 Å². The predicted octanol–water partition coefficient (Wildman–Crippen LogP) is 3.66. The molecule has 2 aromatic rings. The summed E-state index contributed by atoms with van der Waals surface area (Å²) in [5.41, 5.74) is 7.01. The van der Waals surface area contributed by atoms with Crippen molar-refractivity contribution in [3.63, 3.8) is 0 Å². The van der Waals surface area contributed by atoms with Crippen LogP contribution >= 0.6 is 0 Å². The maximum absolute atomic E-state index is 12.1. The highest BCUT2D eigenvalue weighted by Gasteiger charge is 2.30. The Labute approximate surface area is 143 Å². The molecule has 1 aromatic heterocycles. The number of hydrogen-bond donors (Lipinski definition) is 3. The van der Waals surface area contributed by atoms with Crippen molar-refractivity contribution in [1.29, 1.82) is 0 Å². The number of urea groups is 1. The summed E-state index contributed by atoms with van der Waals surface area (Å²) < 4.78 is 0. The van der Waals surface area contributed by atoms with Gasteiger partial charge in [-0.25, -0.2) is 4.79 Å². The van der Waals surface area contributed by atoms with E-state index in [1.54, 1.807) is 6.20 Å². The van der Waals surface area contributed by atoms with Gasteiger partial charge in [0.1, 0.15) is 0 Å². The molecule has 0 spiro atoms. The molecule has 0 atom stereocenters. The number of amides is 2. The lowest BCUT2D eigenvalue weighted by molar-refractivity contribution is 0.181. The van der Waals surface area contributed by atoms with Gasteiger partial charge in [-0.3, -0.25) is 4.98 Å². The van der Waals surface area contributed by atoms with Crippen molar-refractivity contribution in [3.8, 4) is 0 Å². The Bertz CT molecular complexity index is 695. The van der Waals surface area contributed by atoms with Gasteiger partial charge in [-0.1, -0.05) is 25.3 Å². The lowest BCUT2D eigenvalue weighted by Gasteiger charge is -2.36. The number of fused-ring (bicyclic) bond motifs is 1. The molecular weight excluding hydrogens is 300 g/mol. The summed E-state index contributed by atoms with van der Waals surface area (Å²) in [6.45, 7) is 1.38. The average molecular weight is 326 g/mol. The molecule has 0 unspecified atom stereocenters. The number of anilines is 1. The van der Waals surface area contributed by atoms with E-state index in [1.165, 1.54) is 32.1 Å². The minimum absolute atomic E-state index is 0.161. The maximum atomic E-state index is 12.1. The normalized spacial score (nSPS) is 16.7. The van der Waals surface area contributed by atoms with Crippen molar-refractivity contribution in [3.05, 3.63) is 36.7 Å². The van der Waals surface area contributed by atoms with E-state index in [0.29, 0.717) is 6.54 Å². The smallest absolute Gasteiger partial charge is 0.319 e. The van der Waals surface area contributed by atoms with Gasteiger partial charge in [0, 0.05) is 30.0 Å². The number of hydrogen-bond acceptors (Lipinski definition) is 3. The summed E-state index contributed by atoms with van der Waals surface area (Å²) in [5.74, 6) is 0. The van der Waals surface area contributed by atoms with E-state index < -0.39 is 0 Å². The van der Waals surface area contributed by atoms with Crippen molar-refractivity contribution in [1.82, 2.24) is 10.3 Å². The lowest BCUT2D eigenvalue weighted by atomic mass is 9.72. The highest BCUT2D eigenvalue weighted by atomic mass is 16.2. The van der Waals surface area contributed by atoms with Gasteiger partial charge in [-0.15, -0.1) is 0 Å². The number of pyridine rings is 1. The Hall–Kier alpha value is -2.14. The summed E-state index contributed by atoms with van der Waals surface area (Å²) >= 11 is 0. The Kier molecular flexibility index (Phi) is 5.30. The minimum Gasteiger partial charge on any atom is -0.338 e. The molecule has 0 aliphatic heterocycles. The second-order valence-electron chi connectivity index (χ2n) is 6.83. The Balaban J connectivity index is 1.51. The monoisotopic (exact) mass is 326 g/mol. The molecule has 1 saturated carbocycles. The van der Waals surface area contributed by atoms with Gasteiger partial charge in [0.15, 0.2) is 0 Å². The molecule has 3 rings (SSSR count). The molecule has 1 heterocycles. The second kappa shape index (κ2) is 7.62. The third-order valence-corrected chi connectivity index (χ3v) is 5.19. The summed E-state index contributed by atoms with van der Waals surface area (Å²) in [5, 5.41) is 7.99. The molecule has 4 N–H and O–H groups in total. The molecule has 0 bridgehead atoms. The molecule has 1 aliphatic carbocycles. The SMILES string of the molecule is NCC1(CCNC(=O)Nc2ccc3cnccc3c2)CCCCC1. The van der Waals surface area contributed by atoms with Crippen LogP contribution in [-0.4, -0.2) is 24.1 Å². The topological polar surface area (TPSA) is 80.0 Å². The van der Waals surface area contributed by atoms with E-state index >= 15 is 0 Å². The first-order valence-electron chi connectivity index (χ1n) is 8.80. The fourth-order valence-electron chi connectivity index (χ4n) is 3.64.